The van der Waals surface area contributed by atoms with E-state index in [0.717, 1.165) is 29.1 Å². The van der Waals surface area contributed by atoms with Crippen molar-refractivity contribution in [1.82, 2.24) is 0 Å². The van der Waals surface area contributed by atoms with Crippen molar-refractivity contribution in [3.63, 3.8) is 0 Å². The molecule has 0 fully saturated rings. The zero-order valence-electron chi connectivity index (χ0n) is 13.1. The average Bonchev–Trinajstić information content (AvgIpc) is 2.42. The summed E-state index contributed by atoms with van der Waals surface area (Å²) in [7, 11) is 0. The van der Waals surface area contributed by atoms with Crippen molar-refractivity contribution >= 4 is 5.69 Å². The molecule has 0 saturated carbocycles. The lowest BCUT2D eigenvalue weighted by molar-refractivity contribution is 0.242. The summed E-state index contributed by atoms with van der Waals surface area (Å²) in [6, 6.07) is 11.9. The van der Waals surface area contributed by atoms with E-state index in [1.807, 2.05) is 45.9 Å². The largest absolute Gasteiger partial charge is 0.508 e. The minimum Gasteiger partial charge on any atom is -0.508 e. The Bertz CT molecular complexity index is 603. The van der Waals surface area contributed by atoms with Crippen molar-refractivity contribution in [3.8, 4) is 11.5 Å². The Balaban J connectivity index is 2.01. The number of phenols is 1. The summed E-state index contributed by atoms with van der Waals surface area (Å²) in [6.45, 7) is 8.67. The summed E-state index contributed by atoms with van der Waals surface area (Å²) in [6.07, 6.45) is 0.191. The lowest BCUT2D eigenvalue weighted by Gasteiger charge is -2.13. The Morgan fingerprint density at radius 1 is 1.05 bits per heavy atom. The minimum absolute atomic E-state index is 0.191. The molecule has 0 saturated heterocycles. The fourth-order valence-electron chi connectivity index (χ4n) is 2.15. The molecule has 0 bridgehead atoms. The number of phenolic OH excluding ortho intramolecular Hbond substituents is 1. The van der Waals surface area contributed by atoms with E-state index in [2.05, 4.69) is 17.4 Å². The fraction of sp³-hybridized carbons (Fsp3) is 0.333. The van der Waals surface area contributed by atoms with Crippen LogP contribution in [0.15, 0.2) is 36.4 Å². The first kappa shape index (κ1) is 15.2. The van der Waals surface area contributed by atoms with E-state index in [1.54, 1.807) is 6.07 Å². The van der Waals surface area contributed by atoms with Crippen molar-refractivity contribution in [2.75, 3.05) is 5.32 Å². The van der Waals surface area contributed by atoms with Crippen molar-refractivity contribution < 1.29 is 9.84 Å². The molecule has 2 aromatic carbocycles. The molecule has 0 unspecified atom stereocenters. The maximum absolute atomic E-state index is 9.67. The maximum atomic E-state index is 9.67. The van der Waals surface area contributed by atoms with E-state index in [9.17, 15) is 5.11 Å². The predicted octanol–water partition coefficient (Wildman–Crippen LogP) is 4.41. The van der Waals surface area contributed by atoms with Crippen LogP contribution >= 0.6 is 0 Å². The zero-order valence-corrected chi connectivity index (χ0v) is 13.1. The predicted molar refractivity (Wildman–Crippen MR) is 87.1 cm³/mol. The van der Waals surface area contributed by atoms with Crippen LogP contribution in [-0.4, -0.2) is 11.2 Å². The second-order valence-electron chi connectivity index (χ2n) is 5.62. The highest BCUT2D eigenvalue weighted by molar-refractivity contribution is 5.56. The third-order valence-corrected chi connectivity index (χ3v) is 3.32. The molecule has 0 amide bonds. The molecule has 3 heteroatoms. The van der Waals surface area contributed by atoms with Gasteiger partial charge in [0, 0.05) is 12.2 Å². The molecular weight excluding hydrogens is 262 g/mol. The first-order valence-corrected chi connectivity index (χ1v) is 7.25. The number of nitrogens with one attached hydrogen (secondary N) is 1. The van der Waals surface area contributed by atoms with Gasteiger partial charge in [-0.3, -0.25) is 0 Å². The normalized spacial score (nSPS) is 10.7. The summed E-state index contributed by atoms with van der Waals surface area (Å²) in [4.78, 5) is 0. The smallest absolute Gasteiger partial charge is 0.119 e. The Hall–Kier alpha value is -2.16. The van der Waals surface area contributed by atoms with Crippen LogP contribution < -0.4 is 10.1 Å². The maximum Gasteiger partial charge on any atom is 0.119 e. The summed E-state index contributed by atoms with van der Waals surface area (Å²) < 4.78 is 5.63. The van der Waals surface area contributed by atoms with E-state index in [1.165, 1.54) is 5.56 Å². The first-order chi connectivity index (χ1) is 9.95. The Morgan fingerprint density at radius 3 is 2.33 bits per heavy atom. The van der Waals surface area contributed by atoms with Gasteiger partial charge in [0.1, 0.15) is 11.5 Å². The molecule has 0 heterocycles. The highest BCUT2D eigenvalue weighted by Gasteiger charge is 2.04. The highest BCUT2D eigenvalue weighted by atomic mass is 16.5. The number of aryl methyl sites for hydroxylation is 2. The molecule has 0 aliphatic carbocycles. The van der Waals surface area contributed by atoms with E-state index >= 15 is 0 Å². The third kappa shape index (κ3) is 4.15. The summed E-state index contributed by atoms with van der Waals surface area (Å²) in [5.41, 5.74) is 4.16. The van der Waals surface area contributed by atoms with Crippen molar-refractivity contribution in [3.05, 3.63) is 53.1 Å². The number of benzene rings is 2. The summed E-state index contributed by atoms with van der Waals surface area (Å²) in [5, 5.41) is 13.1. The lowest BCUT2D eigenvalue weighted by atomic mass is 10.1. The molecule has 21 heavy (non-hydrogen) atoms. The van der Waals surface area contributed by atoms with Crippen LogP contribution in [0.25, 0.3) is 0 Å². The van der Waals surface area contributed by atoms with Crippen LogP contribution in [0.3, 0.4) is 0 Å². The fourth-order valence-corrected chi connectivity index (χ4v) is 2.15. The van der Waals surface area contributed by atoms with Crippen molar-refractivity contribution in [1.29, 1.82) is 0 Å². The number of ether oxygens (including phenoxy) is 1. The van der Waals surface area contributed by atoms with Gasteiger partial charge in [0.05, 0.1) is 6.10 Å². The van der Waals surface area contributed by atoms with Gasteiger partial charge in [-0.25, -0.2) is 0 Å². The van der Waals surface area contributed by atoms with Crippen LogP contribution in [0.2, 0.25) is 0 Å². The second kappa shape index (κ2) is 6.53. The SMILES string of the molecule is Cc1cc(NCc2ccc(OC(C)C)cc2)c(C)cc1O. The number of hydrogen-bond donors (Lipinski definition) is 2. The van der Waals surface area contributed by atoms with Gasteiger partial charge in [0.2, 0.25) is 0 Å². The third-order valence-electron chi connectivity index (χ3n) is 3.32. The topological polar surface area (TPSA) is 41.5 Å². The molecule has 0 atom stereocenters. The molecule has 2 N–H and O–H groups in total. The Labute approximate surface area is 126 Å². The quantitative estimate of drug-likeness (QED) is 0.800. The van der Waals surface area contributed by atoms with Gasteiger partial charge in [-0.15, -0.1) is 0 Å². The monoisotopic (exact) mass is 285 g/mol. The molecule has 0 aliphatic heterocycles. The van der Waals surface area contributed by atoms with Crippen LogP contribution in [0.4, 0.5) is 5.69 Å². The summed E-state index contributed by atoms with van der Waals surface area (Å²) in [5.74, 6) is 1.23. The molecule has 112 valence electrons. The van der Waals surface area contributed by atoms with Gasteiger partial charge in [-0.1, -0.05) is 12.1 Å². The Morgan fingerprint density at radius 2 is 1.71 bits per heavy atom. The van der Waals surface area contributed by atoms with Crippen LogP contribution in [0, 0.1) is 13.8 Å². The van der Waals surface area contributed by atoms with E-state index in [0.29, 0.717) is 5.75 Å². The highest BCUT2D eigenvalue weighted by Crippen LogP contribution is 2.25. The number of anilines is 1. The zero-order chi connectivity index (χ0) is 15.4. The summed E-state index contributed by atoms with van der Waals surface area (Å²) >= 11 is 0. The Kier molecular flexibility index (Phi) is 4.73. The standard InChI is InChI=1S/C18H23NO2/c1-12(2)21-16-7-5-15(6-8-16)11-19-17-9-14(4)18(20)10-13(17)3/h5-10,12,19-20H,11H2,1-4H3. The van der Waals surface area contributed by atoms with Gasteiger partial charge >= 0.3 is 0 Å². The second-order valence-corrected chi connectivity index (χ2v) is 5.62. The van der Waals surface area contributed by atoms with Gasteiger partial charge < -0.3 is 15.2 Å². The van der Waals surface area contributed by atoms with Crippen molar-refractivity contribution in [2.24, 2.45) is 0 Å². The van der Waals surface area contributed by atoms with Gasteiger partial charge in [0.25, 0.3) is 0 Å². The molecule has 0 aliphatic rings. The van der Waals surface area contributed by atoms with Crippen molar-refractivity contribution in [2.45, 2.75) is 40.3 Å². The number of aromatic hydroxyl groups is 1. The van der Waals surface area contributed by atoms with Crippen LogP contribution in [0.5, 0.6) is 11.5 Å². The van der Waals surface area contributed by atoms with Crippen LogP contribution in [-0.2, 0) is 6.54 Å². The van der Waals surface area contributed by atoms with E-state index < -0.39 is 0 Å². The molecule has 0 spiro atoms. The molecule has 0 aromatic heterocycles. The minimum atomic E-state index is 0.191. The van der Waals surface area contributed by atoms with Crippen LogP contribution in [0.1, 0.15) is 30.5 Å². The molecular formula is C18H23NO2. The molecule has 2 rings (SSSR count). The van der Waals surface area contributed by atoms with Gasteiger partial charge in [0.15, 0.2) is 0 Å². The van der Waals surface area contributed by atoms with Gasteiger partial charge in [-0.2, -0.15) is 0 Å². The first-order valence-electron chi connectivity index (χ1n) is 7.25. The molecule has 0 radical (unpaired) electrons. The number of rotatable bonds is 5. The molecule has 3 nitrogen and oxygen atoms in total. The average molecular weight is 285 g/mol. The van der Waals surface area contributed by atoms with E-state index in [4.69, 9.17) is 4.74 Å². The molecule has 2 aromatic rings. The van der Waals surface area contributed by atoms with E-state index in [-0.39, 0.29) is 6.10 Å². The number of hydrogen-bond acceptors (Lipinski definition) is 3. The van der Waals surface area contributed by atoms with Gasteiger partial charge in [-0.05, 0) is 68.7 Å². The lowest BCUT2D eigenvalue weighted by Crippen LogP contribution is -2.06.